The summed E-state index contributed by atoms with van der Waals surface area (Å²) in [7, 11) is 0. The molecule has 0 aliphatic rings. The van der Waals surface area contributed by atoms with Crippen molar-refractivity contribution < 1.29 is 14.4 Å². The maximum atomic E-state index is 12.1. The summed E-state index contributed by atoms with van der Waals surface area (Å²) in [6, 6.07) is 8.81. The zero-order valence-corrected chi connectivity index (χ0v) is 12.8. The Bertz CT molecular complexity index is 503. The second kappa shape index (κ2) is 9.55. The van der Waals surface area contributed by atoms with Crippen LogP contribution >= 0.6 is 0 Å². The van der Waals surface area contributed by atoms with Crippen LogP contribution in [0, 0.1) is 0 Å². The van der Waals surface area contributed by atoms with Crippen molar-refractivity contribution in [2.24, 2.45) is 5.73 Å². The third kappa shape index (κ3) is 6.88. The van der Waals surface area contributed by atoms with Crippen LogP contribution in [0.4, 0.5) is 0 Å². The number of rotatable bonds is 9. The summed E-state index contributed by atoms with van der Waals surface area (Å²) < 4.78 is 0. The molecule has 1 aromatic carbocycles. The van der Waals surface area contributed by atoms with E-state index in [-0.39, 0.29) is 18.2 Å². The molecule has 3 amide bonds. The molecule has 0 radical (unpaired) electrons. The number of amides is 3. The average Bonchev–Trinajstić information content (AvgIpc) is 2.47. The second-order valence-corrected chi connectivity index (χ2v) is 5.07. The van der Waals surface area contributed by atoms with Gasteiger partial charge in [-0.25, -0.2) is 0 Å². The van der Waals surface area contributed by atoms with Gasteiger partial charge in [-0.2, -0.15) is 0 Å². The van der Waals surface area contributed by atoms with Crippen LogP contribution in [-0.4, -0.2) is 30.3 Å². The van der Waals surface area contributed by atoms with Gasteiger partial charge < -0.3 is 16.4 Å². The molecule has 0 bridgehead atoms. The summed E-state index contributed by atoms with van der Waals surface area (Å²) in [5.41, 5.74) is 6.23. The number of nitrogens with two attached hydrogens (primary N) is 1. The van der Waals surface area contributed by atoms with Crippen molar-refractivity contribution >= 4 is 17.7 Å². The normalized spacial score (nSPS) is 11.5. The van der Waals surface area contributed by atoms with Crippen LogP contribution in [0.1, 0.15) is 31.7 Å². The third-order valence-electron chi connectivity index (χ3n) is 3.09. The predicted molar refractivity (Wildman–Crippen MR) is 83.8 cm³/mol. The fourth-order valence-corrected chi connectivity index (χ4v) is 2.00. The molecule has 0 spiro atoms. The van der Waals surface area contributed by atoms with Crippen LogP contribution < -0.4 is 16.4 Å². The molecule has 6 nitrogen and oxygen atoms in total. The Morgan fingerprint density at radius 3 is 2.45 bits per heavy atom. The van der Waals surface area contributed by atoms with E-state index in [0.29, 0.717) is 25.8 Å². The number of hydrogen-bond donors (Lipinski definition) is 3. The fourth-order valence-electron chi connectivity index (χ4n) is 2.00. The van der Waals surface area contributed by atoms with E-state index in [2.05, 4.69) is 10.6 Å². The maximum Gasteiger partial charge on any atom is 0.243 e. The van der Waals surface area contributed by atoms with Crippen LogP contribution in [0.2, 0.25) is 0 Å². The first kappa shape index (κ1) is 17.7. The first-order valence-electron chi connectivity index (χ1n) is 7.42. The van der Waals surface area contributed by atoms with Crippen molar-refractivity contribution in [2.45, 2.75) is 38.6 Å². The topological polar surface area (TPSA) is 101 Å². The smallest absolute Gasteiger partial charge is 0.243 e. The summed E-state index contributed by atoms with van der Waals surface area (Å²) >= 11 is 0. The number of carbonyl (C=O) groups excluding carboxylic acids is 3. The van der Waals surface area contributed by atoms with Gasteiger partial charge in [0, 0.05) is 13.0 Å². The molecule has 4 N–H and O–H groups in total. The molecule has 0 aliphatic carbocycles. The van der Waals surface area contributed by atoms with Gasteiger partial charge in [-0.3, -0.25) is 14.4 Å². The molecular weight excluding hydrogens is 282 g/mol. The molecular formula is C16H23N3O3. The van der Waals surface area contributed by atoms with E-state index < -0.39 is 11.9 Å². The quantitative estimate of drug-likeness (QED) is 0.619. The molecule has 0 fully saturated rings. The van der Waals surface area contributed by atoms with Crippen molar-refractivity contribution in [2.75, 3.05) is 6.54 Å². The van der Waals surface area contributed by atoms with Gasteiger partial charge in [0.15, 0.2) is 0 Å². The van der Waals surface area contributed by atoms with E-state index in [1.807, 2.05) is 37.3 Å². The summed E-state index contributed by atoms with van der Waals surface area (Å²) in [6.07, 6.45) is 1.46. The van der Waals surface area contributed by atoms with Crippen molar-refractivity contribution in [1.29, 1.82) is 0 Å². The fraction of sp³-hybridized carbons (Fsp3) is 0.438. The second-order valence-electron chi connectivity index (χ2n) is 5.07. The Kier molecular flexibility index (Phi) is 7.67. The van der Waals surface area contributed by atoms with Crippen LogP contribution in [-0.2, 0) is 20.8 Å². The van der Waals surface area contributed by atoms with Crippen molar-refractivity contribution in [3.8, 4) is 0 Å². The number of benzene rings is 1. The summed E-state index contributed by atoms with van der Waals surface area (Å²) in [5, 5.41) is 5.27. The monoisotopic (exact) mass is 305 g/mol. The Morgan fingerprint density at radius 1 is 1.18 bits per heavy atom. The number of hydrogen-bond acceptors (Lipinski definition) is 3. The largest absolute Gasteiger partial charge is 0.370 e. The Morgan fingerprint density at radius 2 is 1.86 bits per heavy atom. The highest BCUT2D eigenvalue weighted by Gasteiger charge is 2.22. The van der Waals surface area contributed by atoms with E-state index >= 15 is 0 Å². The van der Waals surface area contributed by atoms with Gasteiger partial charge in [-0.05, 0) is 18.4 Å². The molecule has 120 valence electrons. The molecule has 0 saturated heterocycles. The van der Waals surface area contributed by atoms with Gasteiger partial charge in [-0.1, -0.05) is 37.3 Å². The number of primary amides is 1. The predicted octanol–water partition coefficient (Wildman–Crippen LogP) is 0.506. The zero-order valence-electron chi connectivity index (χ0n) is 12.8. The third-order valence-corrected chi connectivity index (χ3v) is 3.09. The minimum atomic E-state index is -0.910. The maximum absolute atomic E-state index is 12.1. The summed E-state index contributed by atoms with van der Waals surface area (Å²) in [4.78, 5) is 34.7. The average molecular weight is 305 g/mol. The molecule has 1 rings (SSSR count). The Hall–Kier alpha value is -2.37. The van der Waals surface area contributed by atoms with E-state index in [4.69, 9.17) is 5.73 Å². The van der Waals surface area contributed by atoms with Gasteiger partial charge in [-0.15, -0.1) is 0 Å². The minimum Gasteiger partial charge on any atom is -0.370 e. The highest BCUT2D eigenvalue weighted by atomic mass is 16.2. The molecule has 22 heavy (non-hydrogen) atoms. The SMILES string of the molecule is CCCC(=O)N[C@H](CC(N)=O)C(=O)NCCc1ccccc1. The van der Waals surface area contributed by atoms with Crippen LogP contribution in [0.3, 0.4) is 0 Å². The Labute approximate surface area is 130 Å². The minimum absolute atomic E-state index is 0.202. The zero-order chi connectivity index (χ0) is 16.4. The molecule has 1 aromatic rings. The summed E-state index contributed by atoms with van der Waals surface area (Å²) in [6.45, 7) is 2.30. The molecule has 0 aliphatic heterocycles. The van der Waals surface area contributed by atoms with Gasteiger partial charge in [0.05, 0.1) is 6.42 Å². The van der Waals surface area contributed by atoms with E-state index in [1.165, 1.54) is 0 Å². The lowest BCUT2D eigenvalue weighted by molar-refractivity contribution is -0.131. The van der Waals surface area contributed by atoms with Crippen molar-refractivity contribution in [1.82, 2.24) is 10.6 Å². The van der Waals surface area contributed by atoms with Gasteiger partial charge in [0.1, 0.15) is 6.04 Å². The highest BCUT2D eigenvalue weighted by Crippen LogP contribution is 1.99. The van der Waals surface area contributed by atoms with E-state index in [9.17, 15) is 14.4 Å². The molecule has 0 heterocycles. The molecule has 6 heteroatoms. The molecule has 0 aromatic heterocycles. The van der Waals surface area contributed by atoms with Crippen LogP contribution in [0.15, 0.2) is 30.3 Å². The van der Waals surface area contributed by atoms with E-state index in [1.54, 1.807) is 0 Å². The summed E-state index contributed by atoms with van der Waals surface area (Å²) in [5.74, 6) is -1.27. The highest BCUT2D eigenvalue weighted by molar-refractivity contribution is 5.91. The van der Waals surface area contributed by atoms with E-state index in [0.717, 1.165) is 5.56 Å². The van der Waals surface area contributed by atoms with Crippen LogP contribution in [0.5, 0.6) is 0 Å². The molecule has 1 atom stereocenters. The van der Waals surface area contributed by atoms with Crippen molar-refractivity contribution in [3.05, 3.63) is 35.9 Å². The van der Waals surface area contributed by atoms with Crippen molar-refractivity contribution in [3.63, 3.8) is 0 Å². The molecule has 0 saturated carbocycles. The molecule has 0 unspecified atom stereocenters. The number of nitrogens with one attached hydrogen (secondary N) is 2. The Balaban J connectivity index is 2.48. The van der Waals surface area contributed by atoms with Crippen LogP contribution in [0.25, 0.3) is 0 Å². The first-order chi connectivity index (χ1) is 10.5. The van der Waals surface area contributed by atoms with Gasteiger partial charge in [0.2, 0.25) is 17.7 Å². The standard InChI is InChI=1S/C16H23N3O3/c1-2-6-15(21)19-13(11-14(17)20)16(22)18-10-9-12-7-4-3-5-8-12/h3-5,7-8,13H,2,6,9-11H2,1H3,(H2,17,20)(H,18,22)(H,19,21)/t13-/m1/s1. The lowest BCUT2D eigenvalue weighted by atomic mass is 10.1. The lowest BCUT2D eigenvalue weighted by Gasteiger charge is -2.17. The lowest BCUT2D eigenvalue weighted by Crippen LogP contribution is -2.48. The first-order valence-corrected chi connectivity index (χ1v) is 7.42. The number of carbonyl (C=O) groups is 3. The van der Waals surface area contributed by atoms with Gasteiger partial charge in [0.25, 0.3) is 0 Å². The van der Waals surface area contributed by atoms with Gasteiger partial charge >= 0.3 is 0 Å².